The first kappa shape index (κ1) is 22.4. The lowest BCUT2D eigenvalue weighted by Gasteiger charge is -2.40. The predicted octanol–water partition coefficient (Wildman–Crippen LogP) is 4.66. The van der Waals surface area contributed by atoms with E-state index in [4.69, 9.17) is 33.7 Å². The van der Waals surface area contributed by atoms with Crippen molar-refractivity contribution < 1.29 is 4.74 Å². The van der Waals surface area contributed by atoms with Crippen LogP contribution >= 0.6 is 23.2 Å². The van der Waals surface area contributed by atoms with Crippen molar-refractivity contribution in [3.05, 3.63) is 63.8 Å². The second kappa shape index (κ2) is 8.76. The Morgan fingerprint density at radius 1 is 1.12 bits per heavy atom. The van der Waals surface area contributed by atoms with Crippen LogP contribution in [0.2, 0.25) is 10.0 Å². The molecule has 3 heterocycles. The summed E-state index contributed by atoms with van der Waals surface area (Å²) in [6.07, 6.45) is 1.36. The summed E-state index contributed by atoms with van der Waals surface area (Å²) < 4.78 is 5.52. The van der Waals surface area contributed by atoms with Gasteiger partial charge in [-0.2, -0.15) is 15.3 Å². The molecular weight excluding hydrogens is 473 g/mol. The van der Waals surface area contributed by atoms with Crippen molar-refractivity contribution in [3.63, 3.8) is 0 Å². The molecule has 1 fully saturated rings. The maximum atomic E-state index is 9.87. The smallest absolute Gasteiger partial charge is 0.228 e. The Balaban J connectivity index is 1.47. The molecule has 0 aliphatic carbocycles. The number of aromatic nitrogens is 4. The summed E-state index contributed by atoms with van der Waals surface area (Å²) in [5.41, 5.74) is 9.06. The molecule has 2 aromatic carbocycles. The van der Waals surface area contributed by atoms with Crippen molar-refractivity contribution in [3.8, 4) is 23.1 Å². The van der Waals surface area contributed by atoms with Crippen LogP contribution in [0.15, 0.2) is 42.5 Å². The molecule has 0 atom stereocenters. The van der Waals surface area contributed by atoms with Gasteiger partial charge in [-0.25, -0.2) is 4.98 Å². The van der Waals surface area contributed by atoms with E-state index in [2.05, 4.69) is 26.2 Å². The Kier molecular flexibility index (Phi) is 5.78. The van der Waals surface area contributed by atoms with Crippen LogP contribution < -0.4 is 15.4 Å². The van der Waals surface area contributed by atoms with Gasteiger partial charge in [0.25, 0.3) is 0 Å². The van der Waals surface area contributed by atoms with Gasteiger partial charge in [0.1, 0.15) is 11.8 Å². The summed E-state index contributed by atoms with van der Waals surface area (Å²) in [6.45, 7) is 1.25. The molecule has 0 spiro atoms. The van der Waals surface area contributed by atoms with Crippen LogP contribution in [-0.4, -0.2) is 40.4 Å². The zero-order chi connectivity index (χ0) is 23.9. The Labute approximate surface area is 206 Å². The Morgan fingerprint density at radius 3 is 2.62 bits per heavy atom. The zero-order valence-corrected chi connectivity index (χ0v) is 19.9. The molecule has 0 unspecified atom stereocenters. The van der Waals surface area contributed by atoms with Crippen molar-refractivity contribution >= 4 is 40.2 Å². The van der Waals surface area contributed by atoms with E-state index >= 15 is 0 Å². The number of ether oxygens (including phenoxy) is 1. The third kappa shape index (κ3) is 3.72. The summed E-state index contributed by atoms with van der Waals surface area (Å²) >= 11 is 12.6. The van der Waals surface area contributed by atoms with Crippen molar-refractivity contribution in [1.29, 1.82) is 5.26 Å². The van der Waals surface area contributed by atoms with Crippen LogP contribution in [0.5, 0.6) is 5.75 Å². The normalized spacial score (nSPS) is 15.3. The van der Waals surface area contributed by atoms with E-state index in [1.165, 1.54) is 0 Å². The molecule has 4 aromatic rings. The number of nitrogens with two attached hydrogens (primary N) is 1. The zero-order valence-electron chi connectivity index (χ0n) is 18.3. The van der Waals surface area contributed by atoms with Crippen LogP contribution in [0.25, 0.3) is 22.3 Å². The van der Waals surface area contributed by atoms with Gasteiger partial charge < -0.3 is 15.4 Å². The minimum Gasteiger partial charge on any atom is -0.496 e. The highest BCUT2D eigenvalue weighted by atomic mass is 35.5. The number of aromatic amines is 1. The van der Waals surface area contributed by atoms with Gasteiger partial charge in [0.2, 0.25) is 5.95 Å². The maximum absolute atomic E-state index is 9.87. The lowest BCUT2D eigenvalue weighted by molar-refractivity contribution is 0.320. The molecule has 34 heavy (non-hydrogen) atoms. The van der Waals surface area contributed by atoms with E-state index in [1.807, 2.05) is 29.2 Å². The topological polar surface area (TPSA) is 117 Å². The van der Waals surface area contributed by atoms with Crippen molar-refractivity contribution in [2.45, 2.75) is 18.4 Å². The van der Waals surface area contributed by atoms with Crippen LogP contribution in [0.4, 0.5) is 5.95 Å². The fourth-order valence-corrected chi connectivity index (χ4v) is 4.85. The monoisotopic (exact) mass is 493 g/mol. The fourth-order valence-electron chi connectivity index (χ4n) is 4.46. The molecule has 10 heteroatoms. The van der Waals surface area contributed by atoms with Gasteiger partial charge in [0.15, 0.2) is 11.3 Å². The molecule has 0 amide bonds. The highest BCUT2D eigenvalue weighted by Crippen LogP contribution is 2.39. The highest BCUT2D eigenvalue weighted by Gasteiger charge is 2.35. The van der Waals surface area contributed by atoms with E-state index in [9.17, 15) is 5.26 Å². The standard InChI is InChI=1S/C24H21Cl2N7O/c1-34-18-8-3-2-6-15(18)24(28)9-11-33(12-10-24)23-29-17(13-27)19-21(31-32-22(19)30-23)14-5-4-7-16(25)20(14)26/h2-8H,9-12,28H2,1H3,(H,29,30,31,32). The van der Waals surface area contributed by atoms with Crippen LogP contribution in [0.1, 0.15) is 24.1 Å². The number of hydrogen-bond donors (Lipinski definition) is 2. The number of fused-ring (bicyclic) bond motifs is 1. The maximum Gasteiger partial charge on any atom is 0.228 e. The first-order chi connectivity index (χ1) is 16.4. The summed E-state index contributed by atoms with van der Waals surface area (Å²) in [5, 5.41) is 18.4. The molecule has 2 aromatic heterocycles. The number of hydrogen-bond acceptors (Lipinski definition) is 7. The van der Waals surface area contributed by atoms with E-state index < -0.39 is 5.54 Å². The van der Waals surface area contributed by atoms with Crippen LogP contribution in [0, 0.1) is 11.3 Å². The molecule has 0 bridgehead atoms. The Bertz CT molecular complexity index is 1420. The van der Waals surface area contributed by atoms with E-state index in [0.717, 1.165) is 11.3 Å². The molecule has 1 saturated heterocycles. The molecule has 1 aliphatic rings. The molecule has 0 radical (unpaired) electrons. The summed E-state index contributed by atoms with van der Waals surface area (Å²) in [7, 11) is 1.65. The number of nitrogens with one attached hydrogen (secondary N) is 1. The first-order valence-corrected chi connectivity index (χ1v) is 11.5. The number of nitrogens with zero attached hydrogens (tertiary/aromatic N) is 5. The number of nitriles is 1. The minimum absolute atomic E-state index is 0.217. The van der Waals surface area contributed by atoms with Gasteiger partial charge >= 0.3 is 0 Å². The molecule has 0 saturated carbocycles. The average molecular weight is 494 g/mol. The largest absolute Gasteiger partial charge is 0.496 e. The van der Waals surface area contributed by atoms with Crippen molar-refractivity contribution in [2.24, 2.45) is 5.73 Å². The third-order valence-electron chi connectivity index (χ3n) is 6.31. The Morgan fingerprint density at radius 2 is 1.88 bits per heavy atom. The van der Waals surface area contributed by atoms with Gasteiger partial charge in [-0.15, -0.1) is 0 Å². The number of benzene rings is 2. The first-order valence-electron chi connectivity index (χ1n) is 10.7. The number of para-hydroxylation sites is 1. The summed E-state index contributed by atoms with van der Waals surface area (Å²) in [6, 6.07) is 15.3. The van der Waals surface area contributed by atoms with Gasteiger partial charge in [0.05, 0.1) is 28.2 Å². The third-order valence-corrected chi connectivity index (χ3v) is 7.13. The number of piperidine rings is 1. The average Bonchev–Trinajstić information content (AvgIpc) is 3.29. The quantitative estimate of drug-likeness (QED) is 0.424. The molecule has 172 valence electrons. The number of halogens is 2. The van der Waals surface area contributed by atoms with Gasteiger partial charge in [-0.1, -0.05) is 53.5 Å². The van der Waals surface area contributed by atoms with E-state index in [1.54, 1.807) is 25.3 Å². The van der Waals surface area contributed by atoms with Gasteiger partial charge in [0, 0.05) is 29.8 Å². The van der Waals surface area contributed by atoms with E-state index in [0.29, 0.717) is 64.2 Å². The predicted molar refractivity (Wildman–Crippen MR) is 132 cm³/mol. The molecule has 5 rings (SSSR count). The lowest BCUT2D eigenvalue weighted by Crippen LogP contribution is -2.48. The second-order valence-electron chi connectivity index (χ2n) is 8.23. The Hall–Kier alpha value is -3.38. The summed E-state index contributed by atoms with van der Waals surface area (Å²) in [4.78, 5) is 11.2. The van der Waals surface area contributed by atoms with Crippen molar-refractivity contribution in [1.82, 2.24) is 20.2 Å². The van der Waals surface area contributed by atoms with E-state index in [-0.39, 0.29) is 5.69 Å². The molecular formula is C24H21Cl2N7O. The second-order valence-corrected chi connectivity index (χ2v) is 9.01. The van der Waals surface area contributed by atoms with Gasteiger partial charge in [-0.3, -0.25) is 5.10 Å². The van der Waals surface area contributed by atoms with Crippen LogP contribution in [-0.2, 0) is 5.54 Å². The molecule has 8 nitrogen and oxygen atoms in total. The molecule has 3 N–H and O–H groups in total. The number of H-pyrrole nitrogens is 1. The SMILES string of the molecule is COc1ccccc1C1(N)CCN(c2nc(C#N)c3c(-c4cccc(Cl)c4Cl)[nH]nc3n2)CC1. The molecule has 1 aliphatic heterocycles. The number of anilines is 1. The van der Waals surface area contributed by atoms with Crippen molar-refractivity contribution in [2.75, 3.05) is 25.1 Å². The minimum atomic E-state index is -0.520. The fraction of sp³-hybridized carbons (Fsp3) is 0.250. The lowest BCUT2D eigenvalue weighted by atomic mass is 9.81. The number of methoxy groups -OCH3 is 1. The highest BCUT2D eigenvalue weighted by molar-refractivity contribution is 6.43. The summed E-state index contributed by atoms with van der Waals surface area (Å²) in [5.74, 6) is 1.23. The van der Waals surface area contributed by atoms with Gasteiger partial charge in [-0.05, 0) is 25.0 Å². The number of rotatable bonds is 4. The van der Waals surface area contributed by atoms with Crippen LogP contribution in [0.3, 0.4) is 0 Å².